The number of aryl methyl sites for hydroxylation is 1. The number of nitrogens with one attached hydrogen (secondary N) is 1. The van der Waals surface area contributed by atoms with Gasteiger partial charge >= 0.3 is 0 Å². The van der Waals surface area contributed by atoms with Crippen LogP contribution in [0.5, 0.6) is 5.75 Å². The van der Waals surface area contributed by atoms with Crippen LogP contribution < -0.4 is 10.1 Å². The Bertz CT molecular complexity index is 802. The van der Waals surface area contributed by atoms with Crippen LogP contribution in [0.2, 0.25) is 0 Å². The molecular formula is C19H23N5OS. The zero-order valence-electron chi connectivity index (χ0n) is 14.9. The van der Waals surface area contributed by atoms with Gasteiger partial charge in [-0.15, -0.1) is 10.2 Å². The predicted octanol–water partition coefficient (Wildman–Crippen LogP) is 2.83. The van der Waals surface area contributed by atoms with Gasteiger partial charge in [0.2, 0.25) is 0 Å². The third-order valence-electron chi connectivity index (χ3n) is 4.77. The van der Waals surface area contributed by atoms with Crippen LogP contribution in [0, 0.1) is 12.8 Å². The molecule has 1 saturated heterocycles. The van der Waals surface area contributed by atoms with E-state index in [9.17, 15) is 0 Å². The molecule has 0 bridgehead atoms. The van der Waals surface area contributed by atoms with E-state index in [0.717, 1.165) is 48.4 Å². The second kappa shape index (κ2) is 7.86. The van der Waals surface area contributed by atoms with Gasteiger partial charge in [0.15, 0.2) is 5.01 Å². The number of hydrogen-bond donors (Lipinski definition) is 1. The first kappa shape index (κ1) is 17.0. The third-order valence-corrected chi connectivity index (χ3v) is 5.51. The Kier molecular flexibility index (Phi) is 5.15. The Hall–Kier alpha value is -2.41. The highest BCUT2D eigenvalue weighted by Crippen LogP contribution is 2.24. The molecule has 2 aromatic rings. The van der Waals surface area contributed by atoms with Gasteiger partial charge < -0.3 is 15.0 Å². The van der Waals surface area contributed by atoms with Crippen LogP contribution in [0.25, 0.3) is 0 Å². The zero-order valence-corrected chi connectivity index (χ0v) is 15.7. The van der Waals surface area contributed by atoms with Crippen LogP contribution >= 0.6 is 11.3 Å². The number of hydrogen-bond acceptors (Lipinski definition) is 7. The summed E-state index contributed by atoms with van der Waals surface area (Å²) in [4.78, 5) is 7.17. The Morgan fingerprint density at radius 1 is 1.35 bits per heavy atom. The third kappa shape index (κ3) is 3.88. The topological polar surface area (TPSA) is 62.6 Å². The summed E-state index contributed by atoms with van der Waals surface area (Å²) in [6, 6.07) is 8.20. The molecule has 0 amide bonds. The van der Waals surface area contributed by atoms with E-state index in [4.69, 9.17) is 9.73 Å². The average Bonchev–Trinajstić information content (AvgIpc) is 3.23. The molecule has 2 aliphatic rings. The Balaban J connectivity index is 1.39. The maximum atomic E-state index is 6.08. The highest BCUT2D eigenvalue weighted by molar-refractivity contribution is 7.11. The summed E-state index contributed by atoms with van der Waals surface area (Å²) in [6.45, 7) is 5.53. The van der Waals surface area contributed by atoms with Gasteiger partial charge in [-0.25, -0.2) is 4.99 Å². The van der Waals surface area contributed by atoms with Gasteiger partial charge in [-0.1, -0.05) is 29.5 Å². The highest BCUT2D eigenvalue weighted by Gasteiger charge is 2.24. The van der Waals surface area contributed by atoms with Crippen LogP contribution in [0.3, 0.4) is 0 Å². The number of aromatic nitrogens is 2. The molecule has 1 fully saturated rings. The van der Waals surface area contributed by atoms with Crippen LogP contribution in [0.15, 0.2) is 46.8 Å². The molecule has 136 valence electrons. The van der Waals surface area contributed by atoms with Crippen molar-refractivity contribution in [3.05, 3.63) is 52.4 Å². The maximum absolute atomic E-state index is 6.08. The Labute approximate surface area is 157 Å². The number of rotatable bonds is 5. The quantitative estimate of drug-likeness (QED) is 0.878. The molecule has 2 aliphatic heterocycles. The van der Waals surface area contributed by atoms with Crippen molar-refractivity contribution >= 4 is 17.0 Å². The summed E-state index contributed by atoms with van der Waals surface area (Å²) in [5, 5.41) is 12.3. The summed E-state index contributed by atoms with van der Waals surface area (Å²) in [5.74, 6) is 2.48. The highest BCUT2D eigenvalue weighted by atomic mass is 32.1. The lowest BCUT2D eigenvalue weighted by Gasteiger charge is -2.35. The molecule has 26 heavy (non-hydrogen) atoms. The molecule has 7 heteroatoms. The van der Waals surface area contributed by atoms with Crippen molar-refractivity contribution in [1.82, 2.24) is 20.4 Å². The molecule has 1 atom stereocenters. The summed E-state index contributed by atoms with van der Waals surface area (Å²) in [6.07, 6.45) is 4.36. The minimum atomic E-state index is 0.506. The molecule has 0 aliphatic carbocycles. The van der Waals surface area contributed by atoms with Crippen molar-refractivity contribution in [2.45, 2.75) is 19.8 Å². The molecule has 6 nitrogen and oxygen atoms in total. The van der Waals surface area contributed by atoms with Gasteiger partial charge in [-0.05, 0) is 31.4 Å². The van der Waals surface area contributed by atoms with Gasteiger partial charge in [-0.3, -0.25) is 0 Å². The number of benzene rings is 1. The van der Waals surface area contributed by atoms with E-state index in [-0.39, 0.29) is 0 Å². The summed E-state index contributed by atoms with van der Waals surface area (Å²) in [5.41, 5.74) is 3.89. The summed E-state index contributed by atoms with van der Waals surface area (Å²) < 4.78 is 6.08. The number of nitrogens with zero attached hydrogens (tertiary/aromatic N) is 4. The predicted molar refractivity (Wildman–Crippen MR) is 104 cm³/mol. The molecule has 1 aromatic carbocycles. The van der Waals surface area contributed by atoms with Crippen molar-refractivity contribution in [3.8, 4) is 5.75 Å². The molecule has 1 aromatic heterocycles. The monoisotopic (exact) mass is 369 g/mol. The minimum absolute atomic E-state index is 0.506. The van der Waals surface area contributed by atoms with Gasteiger partial charge in [0.05, 0.1) is 18.9 Å². The van der Waals surface area contributed by atoms with E-state index >= 15 is 0 Å². The fourth-order valence-corrected chi connectivity index (χ4v) is 3.91. The van der Waals surface area contributed by atoms with E-state index in [0.29, 0.717) is 12.5 Å². The number of ether oxygens (including phenoxy) is 1. The van der Waals surface area contributed by atoms with E-state index in [1.807, 2.05) is 24.4 Å². The van der Waals surface area contributed by atoms with Crippen molar-refractivity contribution < 1.29 is 4.74 Å². The zero-order chi connectivity index (χ0) is 17.8. The van der Waals surface area contributed by atoms with Gasteiger partial charge in [0.1, 0.15) is 17.1 Å². The summed E-state index contributed by atoms with van der Waals surface area (Å²) in [7, 11) is 0. The SMILES string of the molecule is Cc1ccccc1OCC1CCCN(C2=CNCC(c3nncs3)=N2)C1. The molecular weight excluding hydrogens is 346 g/mol. The van der Waals surface area contributed by atoms with Gasteiger partial charge in [-0.2, -0.15) is 0 Å². The van der Waals surface area contributed by atoms with E-state index in [1.165, 1.54) is 23.3 Å². The van der Waals surface area contributed by atoms with Crippen molar-refractivity contribution in [2.24, 2.45) is 10.9 Å². The standard InChI is InChI=1S/C19H23N5OS/c1-14-5-2-3-7-17(14)25-12-15-6-4-8-24(11-15)18-10-20-9-16(22-18)19-23-21-13-26-19/h2-3,5,7,10,13,15,20H,4,6,8-9,11-12H2,1H3. The number of likely N-dealkylation sites (tertiary alicyclic amines) is 1. The fraction of sp³-hybridized carbons (Fsp3) is 0.421. The van der Waals surface area contributed by atoms with Crippen molar-refractivity contribution in [1.29, 1.82) is 0 Å². The van der Waals surface area contributed by atoms with Gasteiger partial charge in [0.25, 0.3) is 0 Å². The van der Waals surface area contributed by atoms with E-state index in [1.54, 1.807) is 5.51 Å². The van der Waals surface area contributed by atoms with E-state index in [2.05, 4.69) is 33.4 Å². The Morgan fingerprint density at radius 2 is 2.27 bits per heavy atom. The molecule has 4 rings (SSSR count). The molecule has 1 unspecified atom stereocenters. The van der Waals surface area contributed by atoms with Crippen molar-refractivity contribution in [3.63, 3.8) is 0 Å². The lowest BCUT2D eigenvalue weighted by Crippen LogP contribution is -2.39. The average molecular weight is 369 g/mol. The Morgan fingerprint density at radius 3 is 3.12 bits per heavy atom. The first-order valence-electron chi connectivity index (χ1n) is 9.00. The first-order chi connectivity index (χ1) is 12.8. The van der Waals surface area contributed by atoms with Crippen molar-refractivity contribution in [2.75, 3.05) is 26.2 Å². The minimum Gasteiger partial charge on any atom is -0.493 e. The molecule has 0 saturated carbocycles. The van der Waals surface area contributed by atoms with E-state index < -0.39 is 0 Å². The largest absolute Gasteiger partial charge is 0.493 e. The normalized spacial score (nSPS) is 20.2. The maximum Gasteiger partial charge on any atom is 0.163 e. The van der Waals surface area contributed by atoms with Crippen LogP contribution in [0.4, 0.5) is 0 Å². The van der Waals surface area contributed by atoms with Crippen LogP contribution in [-0.2, 0) is 0 Å². The lowest BCUT2D eigenvalue weighted by molar-refractivity contribution is 0.153. The number of piperidine rings is 1. The number of aliphatic imine (C=N–C) groups is 1. The molecule has 3 heterocycles. The summed E-state index contributed by atoms with van der Waals surface area (Å²) >= 11 is 1.53. The second-order valence-corrected chi connectivity index (χ2v) is 7.55. The molecule has 1 N–H and O–H groups in total. The fourth-order valence-electron chi connectivity index (χ4n) is 3.37. The molecule has 0 spiro atoms. The first-order valence-corrected chi connectivity index (χ1v) is 9.88. The van der Waals surface area contributed by atoms with Crippen LogP contribution in [0.1, 0.15) is 23.4 Å². The smallest absolute Gasteiger partial charge is 0.163 e. The van der Waals surface area contributed by atoms with Crippen LogP contribution in [-0.4, -0.2) is 47.1 Å². The lowest BCUT2D eigenvalue weighted by atomic mass is 9.99. The second-order valence-electron chi connectivity index (χ2n) is 6.72. The number of para-hydroxylation sites is 1. The van der Waals surface area contributed by atoms with Gasteiger partial charge in [0, 0.05) is 25.2 Å². The molecule has 0 radical (unpaired) electrons.